The van der Waals surface area contributed by atoms with Crippen molar-refractivity contribution < 1.29 is 9.53 Å². The summed E-state index contributed by atoms with van der Waals surface area (Å²) in [4.78, 5) is 14.0. The smallest absolute Gasteiger partial charge is 0.193 e. The maximum Gasteiger partial charge on any atom is 0.193 e. The summed E-state index contributed by atoms with van der Waals surface area (Å²) in [5.74, 6) is 0.612. The molecule has 3 heteroatoms. The number of methoxy groups -OCH3 is 1. The molecule has 0 radical (unpaired) electrons. The van der Waals surface area contributed by atoms with Gasteiger partial charge in [-0.25, -0.2) is 0 Å². The summed E-state index contributed by atoms with van der Waals surface area (Å²) in [5.41, 5.74) is 0.592. The van der Waals surface area contributed by atoms with Crippen LogP contribution in [-0.2, 0) is 0 Å². The van der Waals surface area contributed by atoms with E-state index in [0.717, 1.165) is 21.2 Å². The lowest BCUT2D eigenvalue weighted by molar-refractivity contribution is 0.106. The van der Waals surface area contributed by atoms with Crippen LogP contribution in [0.15, 0.2) is 115 Å². The van der Waals surface area contributed by atoms with E-state index in [1.165, 1.54) is 0 Å². The first-order valence-corrected chi connectivity index (χ1v) is 12.1. The van der Waals surface area contributed by atoms with Crippen molar-refractivity contribution >= 4 is 33.9 Å². The number of Topliss-reactive ketones (excluding diaryl/α,β-unsaturated/α-hetero) is 1. The number of hydrogen-bond acceptors (Lipinski definition) is 2. The summed E-state index contributed by atoms with van der Waals surface area (Å²) in [6.07, 6.45) is 0. The first kappa shape index (κ1) is 20.9. The molecule has 0 unspecified atom stereocenters. The van der Waals surface area contributed by atoms with Gasteiger partial charge in [0.2, 0.25) is 0 Å². The van der Waals surface area contributed by atoms with E-state index in [1.807, 2.05) is 49.4 Å². The summed E-state index contributed by atoms with van der Waals surface area (Å²) in [7, 11) is 1.61. The summed E-state index contributed by atoms with van der Waals surface area (Å²) in [5, 5.41) is 4.31. The highest BCUT2D eigenvalue weighted by Gasteiger charge is 2.31. The zero-order chi connectivity index (χ0) is 21.7. The Morgan fingerprint density at radius 3 is 1.42 bits per heavy atom. The van der Waals surface area contributed by atoms with Crippen molar-refractivity contribution in [1.82, 2.24) is 0 Å². The van der Waals surface area contributed by atoms with E-state index in [2.05, 4.69) is 72.8 Å². The fourth-order valence-corrected chi connectivity index (χ4v) is 8.50. The topological polar surface area (TPSA) is 26.3 Å². The van der Waals surface area contributed by atoms with Gasteiger partial charge in [0, 0.05) is 5.29 Å². The van der Waals surface area contributed by atoms with E-state index in [1.54, 1.807) is 7.11 Å². The Morgan fingerprint density at radius 1 is 0.613 bits per heavy atom. The summed E-state index contributed by atoms with van der Waals surface area (Å²) in [6, 6.07) is 38.7. The van der Waals surface area contributed by atoms with E-state index in [9.17, 15) is 4.79 Å². The van der Waals surface area contributed by atoms with Crippen molar-refractivity contribution in [2.24, 2.45) is 0 Å². The van der Waals surface area contributed by atoms with Crippen LogP contribution in [0.1, 0.15) is 17.3 Å². The van der Waals surface area contributed by atoms with Gasteiger partial charge in [-0.15, -0.1) is 0 Å². The molecule has 0 fully saturated rings. The molecule has 2 nitrogen and oxygen atoms in total. The molecule has 0 N–H and O–H groups in total. The maximum absolute atomic E-state index is 14.0. The van der Waals surface area contributed by atoms with Crippen LogP contribution in [-0.4, -0.2) is 18.2 Å². The SMILES string of the molecule is COc1ccccc1C(=O)C(C)=P(c1ccccc1)(c1ccccc1)c1ccccc1. The molecule has 31 heavy (non-hydrogen) atoms. The molecule has 4 aromatic rings. The zero-order valence-corrected chi connectivity index (χ0v) is 18.6. The van der Waals surface area contributed by atoms with Crippen LogP contribution >= 0.6 is 6.89 Å². The lowest BCUT2D eigenvalue weighted by atomic mass is 10.1. The predicted molar refractivity (Wildman–Crippen MR) is 133 cm³/mol. The van der Waals surface area contributed by atoms with Crippen LogP contribution in [0.5, 0.6) is 5.75 Å². The molecule has 4 rings (SSSR count). The standard InChI is InChI=1S/C28H25O2P/c1-22(28(29)26-20-12-13-21-27(26)30-2)31(23-14-6-3-7-15-23,24-16-8-4-9-17-24)25-18-10-5-11-19-25/h3-21H,1-2H3. The number of hydrogen-bond donors (Lipinski definition) is 0. The molecule has 0 aliphatic carbocycles. The monoisotopic (exact) mass is 424 g/mol. The van der Waals surface area contributed by atoms with Gasteiger partial charge in [0.1, 0.15) is 5.75 Å². The molecule has 0 aliphatic rings. The third-order valence-corrected chi connectivity index (χ3v) is 10.0. The van der Waals surface area contributed by atoms with Gasteiger partial charge in [-0.05, 0) is 41.9 Å². The van der Waals surface area contributed by atoms with Gasteiger partial charge in [0.15, 0.2) is 5.78 Å². The summed E-state index contributed by atoms with van der Waals surface area (Å²) < 4.78 is 5.52. The van der Waals surface area contributed by atoms with Gasteiger partial charge in [-0.1, -0.05) is 103 Å². The van der Waals surface area contributed by atoms with Gasteiger partial charge in [-0.2, -0.15) is 0 Å². The molecule has 0 heterocycles. The molecule has 0 spiro atoms. The normalized spacial score (nSPS) is 11.0. The van der Waals surface area contributed by atoms with Crippen LogP contribution < -0.4 is 20.7 Å². The van der Waals surface area contributed by atoms with Gasteiger partial charge in [0.25, 0.3) is 0 Å². The van der Waals surface area contributed by atoms with Crippen LogP contribution in [0.3, 0.4) is 0 Å². The molecular weight excluding hydrogens is 399 g/mol. The van der Waals surface area contributed by atoms with Crippen LogP contribution in [0.2, 0.25) is 0 Å². The van der Waals surface area contributed by atoms with Gasteiger partial charge >= 0.3 is 0 Å². The van der Waals surface area contributed by atoms with Gasteiger partial charge in [-0.3, -0.25) is 4.79 Å². The molecule has 0 amide bonds. The second-order valence-corrected chi connectivity index (χ2v) is 10.9. The van der Waals surface area contributed by atoms with Crippen molar-refractivity contribution in [3.8, 4) is 5.75 Å². The molecular formula is C28H25O2P. The largest absolute Gasteiger partial charge is 0.496 e. The Labute approximate surface area is 184 Å². The number of carbonyl (C=O) groups excluding carboxylic acids is 1. The number of ether oxygens (including phenoxy) is 1. The molecule has 0 bridgehead atoms. The van der Waals surface area contributed by atoms with Crippen molar-refractivity contribution in [3.05, 3.63) is 121 Å². The lowest BCUT2D eigenvalue weighted by Crippen LogP contribution is -2.32. The third-order valence-electron chi connectivity index (χ3n) is 5.61. The number of benzene rings is 4. The van der Waals surface area contributed by atoms with E-state index >= 15 is 0 Å². The predicted octanol–water partition coefficient (Wildman–Crippen LogP) is 5.06. The van der Waals surface area contributed by atoms with Crippen LogP contribution in [0.25, 0.3) is 0 Å². The van der Waals surface area contributed by atoms with Crippen LogP contribution in [0, 0.1) is 0 Å². The van der Waals surface area contributed by atoms with Crippen molar-refractivity contribution in [3.63, 3.8) is 0 Å². The van der Waals surface area contributed by atoms with Crippen molar-refractivity contribution in [2.45, 2.75) is 6.92 Å². The number of para-hydroxylation sites is 1. The zero-order valence-electron chi connectivity index (χ0n) is 17.7. The van der Waals surface area contributed by atoms with Crippen LogP contribution in [0.4, 0.5) is 0 Å². The number of ketones is 1. The molecule has 0 saturated heterocycles. The summed E-state index contributed by atoms with van der Waals surface area (Å²) in [6.45, 7) is -0.389. The average molecular weight is 424 g/mol. The maximum atomic E-state index is 14.0. The van der Waals surface area contributed by atoms with Gasteiger partial charge < -0.3 is 4.74 Å². The van der Waals surface area contributed by atoms with E-state index in [-0.39, 0.29) is 5.78 Å². The molecule has 0 atom stereocenters. The molecule has 0 aliphatic heterocycles. The minimum Gasteiger partial charge on any atom is -0.496 e. The molecule has 0 aromatic heterocycles. The van der Waals surface area contributed by atoms with Gasteiger partial charge in [0.05, 0.1) is 12.7 Å². The highest BCUT2D eigenvalue weighted by molar-refractivity contribution is 7.96. The Kier molecular flexibility index (Phi) is 6.21. The minimum atomic E-state index is -2.38. The van der Waals surface area contributed by atoms with E-state index in [0.29, 0.717) is 11.3 Å². The molecule has 154 valence electrons. The molecule has 0 saturated carbocycles. The molecule has 4 aromatic carbocycles. The number of rotatable bonds is 6. The second-order valence-electron chi connectivity index (χ2n) is 7.29. The Balaban J connectivity index is 2.15. The Bertz CT molecular complexity index is 1130. The number of carbonyl (C=O) groups is 1. The summed E-state index contributed by atoms with van der Waals surface area (Å²) >= 11 is 0. The second kappa shape index (κ2) is 9.20. The van der Waals surface area contributed by atoms with E-state index < -0.39 is 6.89 Å². The Hall–Kier alpha value is -3.35. The van der Waals surface area contributed by atoms with Crippen molar-refractivity contribution in [2.75, 3.05) is 7.11 Å². The average Bonchev–Trinajstić information content (AvgIpc) is 2.86. The Morgan fingerprint density at radius 2 is 1.00 bits per heavy atom. The fraction of sp³-hybridized carbons (Fsp3) is 0.0714. The lowest BCUT2D eigenvalue weighted by Gasteiger charge is -2.31. The highest BCUT2D eigenvalue weighted by Crippen LogP contribution is 2.46. The highest BCUT2D eigenvalue weighted by atomic mass is 31.2. The minimum absolute atomic E-state index is 0.0161. The quantitative estimate of drug-likeness (QED) is 0.319. The fourth-order valence-electron chi connectivity index (χ4n) is 4.16. The first-order valence-electron chi connectivity index (χ1n) is 10.3. The first-order chi connectivity index (χ1) is 15.2. The van der Waals surface area contributed by atoms with E-state index in [4.69, 9.17) is 4.74 Å². The van der Waals surface area contributed by atoms with Crippen molar-refractivity contribution in [1.29, 1.82) is 0 Å². The third kappa shape index (κ3) is 3.76.